The second-order valence-electron chi connectivity index (χ2n) is 3.90. The van der Waals surface area contributed by atoms with Crippen molar-refractivity contribution in [1.29, 1.82) is 0 Å². The van der Waals surface area contributed by atoms with Gasteiger partial charge in [0, 0.05) is 19.8 Å². The zero-order chi connectivity index (χ0) is 11.3. The molecule has 0 unspecified atom stereocenters. The Bertz CT molecular complexity index is 314. The summed E-state index contributed by atoms with van der Waals surface area (Å²) in [6.07, 6.45) is 4.86. The predicted octanol–water partition coefficient (Wildman–Crippen LogP) is 3.28. The molecule has 0 aliphatic carbocycles. The first-order chi connectivity index (χ1) is 7.17. The van der Waals surface area contributed by atoms with Gasteiger partial charge < -0.3 is 4.90 Å². The third kappa shape index (κ3) is 3.28. The molecule has 0 atom stereocenters. The summed E-state index contributed by atoms with van der Waals surface area (Å²) in [5.41, 5.74) is 2.55. The predicted molar refractivity (Wildman–Crippen MR) is 68.4 cm³/mol. The van der Waals surface area contributed by atoms with E-state index in [4.69, 9.17) is 0 Å². The van der Waals surface area contributed by atoms with E-state index in [-0.39, 0.29) is 0 Å². The Morgan fingerprint density at radius 3 is 2.07 bits per heavy atom. The molecule has 0 aliphatic rings. The number of allylic oxidation sites excluding steroid dienone is 2. The second kappa shape index (κ2) is 5.40. The van der Waals surface area contributed by atoms with Crippen LogP contribution in [-0.2, 0) is 6.42 Å². The van der Waals surface area contributed by atoms with Crippen LogP contribution in [0, 0.1) is 5.92 Å². The maximum Gasteiger partial charge on any atom is 0.0361 e. The van der Waals surface area contributed by atoms with Gasteiger partial charge in [-0.05, 0) is 30.0 Å². The maximum absolute atomic E-state index is 3.79. The van der Waals surface area contributed by atoms with Gasteiger partial charge in [-0.2, -0.15) is 0 Å². The van der Waals surface area contributed by atoms with Crippen molar-refractivity contribution in [3.63, 3.8) is 0 Å². The Kier molecular flexibility index (Phi) is 4.17. The first-order valence-corrected chi connectivity index (χ1v) is 5.18. The Hall–Kier alpha value is -1.50. The van der Waals surface area contributed by atoms with Gasteiger partial charge in [-0.25, -0.2) is 0 Å². The normalized spacial score (nSPS) is 10.1. The fraction of sp³-hybridized carbons (Fsp3) is 0.286. The Labute approximate surface area is 92.7 Å². The van der Waals surface area contributed by atoms with E-state index in [0.717, 1.165) is 6.42 Å². The van der Waals surface area contributed by atoms with Crippen LogP contribution in [0.5, 0.6) is 0 Å². The summed E-state index contributed by atoms with van der Waals surface area (Å²) in [6, 6.07) is 8.60. The third-order valence-electron chi connectivity index (χ3n) is 2.53. The van der Waals surface area contributed by atoms with Crippen LogP contribution in [0.4, 0.5) is 5.69 Å². The molecule has 0 spiro atoms. The van der Waals surface area contributed by atoms with E-state index >= 15 is 0 Å². The van der Waals surface area contributed by atoms with E-state index in [2.05, 4.69) is 42.3 Å². The lowest BCUT2D eigenvalue weighted by Crippen LogP contribution is -2.08. The van der Waals surface area contributed by atoms with Crippen LogP contribution >= 0.6 is 0 Å². The largest absolute Gasteiger partial charge is 0.378 e. The second-order valence-corrected chi connectivity index (χ2v) is 3.90. The smallest absolute Gasteiger partial charge is 0.0361 e. The summed E-state index contributed by atoms with van der Waals surface area (Å²) in [6.45, 7) is 7.59. The van der Waals surface area contributed by atoms with Crippen LogP contribution < -0.4 is 4.90 Å². The molecule has 15 heavy (non-hydrogen) atoms. The highest BCUT2D eigenvalue weighted by atomic mass is 15.1. The topological polar surface area (TPSA) is 3.24 Å². The van der Waals surface area contributed by atoms with Gasteiger partial charge in [-0.15, -0.1) is 13.2 Å². The van der Waals surface area contributed by atoms with Gasteiger partial charge in [-0.3, -0.25) is 0 Å². The first kappa shape index (κ1) is 11.6. The van der Waals surface area contributed by atoms with E-state index in [9.17, 15) is 0 Å². The van der Waals surface area contributed by atoms with Crippen molar-refractivity contribution >= 4 is 5.69 Å². The molecule has 1 aromatic rings. The van der Waals surface area contributed by atoms with Crippen LogP contribution in [0.1, 0.15) is 5.56 Å². The molecule has 0 aromatic heterocycles. The van der Waals surface area contributed by atoms with Crippen LogP contribution in [0.25, 0.3) is 0 Å². The number of anilines is 1. The molecule has 0 saturated carbocycles. The Morgan fingerprint density at radius 1 is 1.13 bits per heavy atom. The summed E-state index contributed by atoms with van der Waals surface area (Å²) < 4.78 is 0. The van der Waals surface area contributed by atoms with Crippen molar-refractivity contribution in [2.75, 3.05) is 19.0 Å². The number of nitrogens with zero attached hydrogens (tertiary/aromatic N) is 1. The molecule has 0 saturated heterocycles. The molecule has 0 heterocycles. The molecule has 0 amide bonds. The van der Waals surface area contributed by atoms with Gasteiger partial charge in [0.15, 0.2) is 0 Å². The summed E-state index contributed by atoms with van der Waals surface area (Å²) >= 11 is 0. The summed E-state index contributed by atoms with van der Waals surface area (Å²) in [5, 5.41) is 0. The molecule has 1 aromatic carbocycles. The lowest BCUT2D eigenvalue weighted by molar-refractivity contribution is 0.809. The van der Waals surface area contributed by atoms with E-state index in [1.54, 1.807) is 0 Å². The van der Waals surface area contributed by atoms with E-state index in [1.807, 2.05) is 26.2 Å². The molecular weight excluding hydrogens is 182 g/mol. The molecule has 0 N–H and O–H groups in total. The average molecular weight is 201 g/mol. The number of hydrogen-bond acceptors (Lipinski definition) is 1. The van der Waals surface area contributed by atoms with Crippen LogP contribution in [-0.4, -0.2) is 14.1 Å². The minimum absolute atomic E-state index is 0.371. The quantitative estimate of drug-likeness (QED) is 0.661. The lowest BCUT2D eigenvalue weighted by atomic mass is 9.99. The highest BCUT2D eigenvalue weighted by molar-refractivity contribution is 5.46. The summed E-state index contributed by atoms with van der Waals surface area (Å²) in [5.74, 6) is 0.371. The Morgan fingerprint density at radius 2 is 1.67 bits per heavy atom. The monoisotopic (exact) mass is 201 g/mol. The summed E-state index contributed by atoms with van der Waals surface area (Å²) in [4.78, 5) is 2.10. The molecule has 80 valence electrons. The highest BCUT2D eigenvalue weighted by Gasteiger charge is 2.01. The number of hydrogen-bond donors (Lipinski definition) is 0. The van der Waals surface area contributed by atoms with Gasteiger partial charge in [-0.1, -0.05) is 24.3 Å². The van der Waals surface area contributed by atoms with Crippen LogP contribution in [0.3, 0.4) is 0 Å². The summed E-state index contributed by atoms with van der Waals surface area (Å²) in [7, 11) is 4.09. The third-order valence-corrected chi connectivity index (χ3v) is 2.53. The van der Waals surface area contributed by atoms with Crippen molar-refractivity contribution in [1.82, 2.24) is 0 Å². The number of rotatable bonds is 5. The molecule has 0 fully saturated rings. The van der Waals surface area contributed by atoms with Crippen molar-refractivity contribution in [3.8, 4) is 0 Å². The molecule has 1 rings (SSSR count). The maximum atomic E-state index is 3.79. The SMILES string of the molecule is C=CC(C=C)Cc1ccc(N(C)C)cc1. The van der Waals surface area contributed by atoms with Gasteiger partial charge in [0.1, 0.15) is 0 Å². The zero-order valence-corrected chi connectivity index (χ0v) is 9.61. The minimum atomic E-state index is 0.371. The average Bonchev–Trinajstić information content (AvgIpc) is 2.26. The molecule has 1 heteroatoms. The van der Waals surface area contributed by atoms with Crippen molar-refractivity contribution < 1.29 is 0 Å². The van der Waals surface area contributed by atoms with Crippen molar-refractivity contribution in [3.05, 3.63) is 55.1 Å². The van der Waals surface area contributed by atoms with E-state index < -0.39 is 0 Å². The van der Waals surface area contributed by atoms with Gasteiger partial charge in [0.2, 0.25) is 0 Å². The molecule has 0 aliphatic heterocycles. The van der Waals surface area contributed by atoms with Gasteiger partial charge in [0.25, 0.3) is 0 Å². The molecule has 0 radical (unpaired) electrons. The van der Waals surface area contributed by atoms with Crippen LogP contribution in [0.15, 0.2) is 49.6 Å². The molecular formula is C14H19N. The first-order valence-electron chi connectivity index (χ1n) is 5.18. The molecule has 1 nitrogen and oxygen atoms in total. The number of benzene rings is 1. The highest BCUT2D eigenvalue weighted by Crippen LogP contribution is 2.15. The standard InChI is InChI=1S/C14H19N/c1-5-12(6-2)11-13-7-9-14(10-8-13)15(3)4/h5-10,12H,1-2,11H2,3-4H3. The zero-order valence-electron chi connectivity index (χ0n) is 9.61. The van der Waals surface area contributed by atoms with Crippen molar-refractivity contribution in [2.24, 2.45) is 5.92 Å². The lowest BCUT2D eigenvalue weighted by Gasteiger charge is -2.13. The Balaban J connectivity index is 2.71. The molecule has 0 bridgehead atoms. The van der Waals surface area contributed by atoms with E-state index in [1.165, 1.54) is 11.3 Å². The van der Waals surface area contributed by atoms with Gasteiger partial charge in [0.05, 0.1) is 0 Å². The fourth-order valence-corrected chi connectivity index (χ4v) is 1.47. The van der Waals surface area contributed by atoms with E-state index in [0.29, 0.717) is 5.92 Å². The van der Waals surface area contributed by atoms with Crippen molar-refractivity contribution in [2.45, 2.75) is 6.42 Å². The minimum Gasteiger partial charge on any atom is -0.378 e. The van der Waals surface area contributed by atoms with Gasteiger partial charge >= 0.3 is 0 Å². The van der Waals surface area contributed by atoms with Crippen LogP contribution in [0.2, 0.25) is 0 Å². The fourth-order valence-electron chi connectivity index (χ4n) is 1.47.